The second kappa shape index (κ2) is 5.65. The number of likely N-dealkylation sites (N-methyl/N-ethyl adjacent to an activating group) is 1. The van der Waals surface area contributed by atoms with Gasteiger partial charge in [-0.3, -0.25) is 4.90 Å². The highest BCUT2D eigenvalue weighted by atomic mass is 16.3. The Morgan fingerprint density at radius 3 is 2.30 bits per heavy atom. The minimum absolute atomic E-state index is 0.161. The fraction of sp³-hybridized carbons (Fsp3) is 1.00. The number of hydrogen-bond acceptors (Lipinski definition) is 3. The molecular weight excluding hydrogens is 130 g/mol. The lowest BCUT2D eigenvalue weighted by atomic mass is 10.3. The van der Waals surface area contributed by atoms with Crippen LogP contribution in [0, 0.1) is 0 Å². The van der Waals surface area contributed by atoms with Crippen molar-refractivity contribution in [3.05, 3.63) is 0 Å². The van der Waals surface area contributed by atoms with Crippen molar-refractivity contribution in [2.75, 3.05) is 26.3 Å². The van der Waals surface area contributed by atoms with Crippen LogP contribution in [0.4, 0.5) is 0 Å². The molecule has 0 aliphatic carbocycles. The Hall–Kier alpha value is -0.120. The zero-order valence-corrected chi connectivity index (χ0v) is 6.75. The molecule has 0 aliphatic rings. The molecule has 0 aromatic carbocycles. The van der Waals surface area contributed by atoms with Crippen LogP contribution < -0.4 is 0 Å². The SMILES string of the molecule is CCN(CCO)[C@@H](C)CO. The van der Waals surface area contributed by atoms with Gasteiger partial charge in [-0.15, -0.1) is 0 Å². The summed E-state index contributed by atoms with van der Waals surface area (Å²) in [5.74, 6) is 0. The summed E-state index contributed by atoms with van der Waals surface area (Å²) in [7, 11) is 0. The first-order valence-electron chi connectivity index (χ1n) is 3.72. The van der Waals surface area contributed by atoms with Gasteiger partial charge in [0.2, 0.25) is 0 Å². The number of rotatable bonds is 5. The van der Waals surface area contributed by atoms with Crippen LogP contribution in [0.15, 0.2) is 0 Å². The molecule has 0 rings (SSSR count). The molecule has 0 heterocycles. The van der Waals surface area contributed by atoms with Crippen LogP contribution in [-0.2, 0) is 0 Å². The molecule has 1 atom stereocenters. The van der Waals surface area contributed by atoms with Crippen molar-refractivity contribution in [2.24, 2.45) is 0 Å². The van der Waals surface area contributed by atoms with E-state index in [4.69, 9.17) is 10.2 Å². The van der Waals surface area contributed by atoms with Crippen LogP contribution >= 0.6 is 0 Å². The lowest BCUT2D eigenvalue weighted by Gasteiger charge is -2.24. The first-order valence-corrected chi connectivity index (χ1v) is 3.72. The van der Waals surface area contributed by atoms with Crippen LogP contribution in [0.2, 0.25) is 0 Å². The van der Waals surface area contributed by atoms with Gasteiger partial charge in [0.25, 0.3) is 0 Å². The predicted molar refractivity (Wildman–Crippen MR) is 40.9 cm³/mol. The molecule has 0 saturated carbocycles. The fourth-order valence-corrected chi connectivity index (χ4v) is 0.934. The Kier molecular flexibility index (Phi) is 5.58. The number of aliphatic hydroxyl groups excluding tert-OH is 2. The van der Waals surface area contributed by atoms with Crippen LogP contribution in [0.3, 0.4) is 0 Å². The standard InChI is InChI=1S/C7H17NO2/c1-3-8(4-5-9)7(2)6-10/h7,9-10H,3-6H2,1-2H3/t7-/m0/s1. The Morgan fingerprint density at radius 1 is 1.40 bits per heavy atom. The number of hydrogen-bond donors (Lipinski definition) is 2. The van der Waals surface area contributed by atoms with E-state index >= 15 is 0 Å². The minimum Gasteiger partial charge on any atom is -0.395 e. The van der Waals surface area contributed by atoms with Crippen LogP contribution in [-0.4, -0.2) is 47.5 Å². The molecule has 0 unspecified atom stereocenters. The molecule has 0 fully saturated rings. The third kappa shape index (κ3) is 3.15. The largest absolute Gasteiger partial charge is 0.395 e. The predicted octanol–water partition coefficient (Wildman–Crippen LogP) is -0.319. The zero-order chi connectivity index (χ0) is 7.98. The third-order valence-electron chi connectivity index (χ3n) is 1.68. The molecule has 3 heteroatoms. The molecule has 0 spiro atoms. The van der Waals surface area contributed by atoms with Crippen molar-refractivity contribution in [3.8, 4) is 0 Å². The summed E-state index contributed by atoms with van der Waals surface area (Å²) in [6, 6.07) is 0.164. The quantitative estimate of drug-likeness (QED) is 0.560. The van der Waals surface area contributed by atoms with Gasteiger partial charge in [-0.1, -0.05) is 6.92 Å². The van der Waals surface area contributed by atoms with E-state index in [1.54, 1.807) is 0 Å². The average molecular weight is 147 g/mol. The maximum absolute atomic E-state index is 8.74. The van der Waals surface area contributed by atoms with Gasteiger partial charge in [-0.25, -0.2) is 0 Å². The molecule has 0 aromatic rings. The number of nitrogens with zero attached hydrogens (tertiary/aromatic N) is 1. The molecular formula is C7H17NO2. The van der Waals surface area contributed by atoms with Crippen molar-refractivity contribution in [1.29, 1.82) is 0 Å². The highest BCUT2D eigenvalue weighted by Gasteiger charge is 2.08. The van der Waals surface area contributed by atoms with Gasteiger partial charge < -0.3 is 10.2 Å². The van der Waals surface area contributed by atoms with Crippen molar-refractivity contribution >= 4 is 0 Å². The van der Waals surface area contributed by atoms with Crippen molar-refractivity contribution in [3.63, 3.8) is 0 Å². The van der Waals surface area contributed by atoms with E-state index in [-0.39, 0.29) is 19.3 Å². The molecule has 0 saturated heterocycles. The molecule has 62 valence electrons. The fourth-order valence-electron chi connectivity index (χ4n) is 0.934. The molecule has 0 aromatic heterocycles. The minimum atomic E-state index is 0.161. The molecule has 2 N–H and O–H groups in total. The Bertz CT molecular complexity index is 78.0. The van der Waals surface area contributed by atoms with Crippen molar-refractivity contribution in [1.82, 2.24) is 4.90 Å². The van der Waals surface area contributed by atoms with Gasteiger partial charge in [-0.2, -0.15) is 0 Å². The van der Waals surface area contributed by atoms with Crippen LogP contribution in [0.25, 0.3) is 0 Å². The summed E-state index contributed by atoms with van der Waals surface area (Å²) in [6.07, 6.45) is 0. The van der Waals surface area contributed by atoms with E-state index in [0.717, 1.165) is 6.54 Å². The number of aliphatic hydroxyl groups is 2. The van der Waals surface area contributed by atoms with Gasteiger partial charge in [0.15, 0.2) is 0 Å². The average Bonchev–Trinajstić information content (AvgIpc) is 1.99. The normalized spacial score (nSPS) is 14.1. The topological polar surface area (TPSA) is 43.7 Å². The summed E-state index contributed by atoms with van der Waals surface area (Å²) < 4.78 is 0. The second-order valence-electron chi connectivity index (χ2n) is 2.38. The Balaban J connectivity index is 3.56. The first-order chi connectivity index (χ1) is 4.76. The lowest BCUT2D eigenvalue weighted by molar-refractivity contribution is 0.116. The van der Waals surface area contributed by atoms with E-state index in [1.807, 2.05) is 18.7 Å². The monoisotopic (exact) mass is 147 g/mol. The molecule has 0 bridgehead atoms. The van der Waals surface area contributed by atoms with Gasteiger partial charge in [0.05, 0.1) is 13.2 Å². The van der Waals surface area contributed by atoms with Crippen molar-refractivity contribution in [2.45, 2.75) is 19.9 Å². The molecule has 0 amide bonds. The van der Waals surface area contributed by atoms with E-state index in [9.17, 15) is 0 Å². The van der Waals surface area contributed by atoms with Crippen LogP contribution in [0.1, 0.15) is 13.8 Å². The van der Waals surface area contributed by atoms with Crippen LogP contribution in [0.5, 0.6) is 0 Å². The summed E-state index contributed by atoms with van der Waals surface area (Å²) in [4.78, 5) is 2.03. The maximum Gasteiger partial charge on any atom is 0.0584 e. The maximum atomic E-state index is 8.74. The molecule has 0 radical (unpaired) electrons. The van der Waals surface area contributed by atoms with Gasteiger partial charge in [0, 0.05) is 12.6 Å². The highest BCUT2D eigenvalue weighted by Crippen LogP contribution is 1.95. The van der Waals surface area contributed by atoms with E-state index in [1.165, 1.54) is 0 Å². The van der Waals surface area contributed by atoms with E-state index in [2.05, 4.69) is 0 Å². The zero-order valence-electron chi connectivity index (χ0n) is 6.75. The summed E-state index contributed by atoms with van der Waals surface area (Å²) in [5, 5.41) is 17.3. The van der Waals surface area contributed by atoms with Gasteiger partial charge in [-0.05, 0) is 13.5 Å². The Morgan fingerprint density at radius 2 is 2.00 bits per heavy atom. The van der Waals surface area contributed by atoms with Gasteiger partial charge >= 0.3 is 0 Å². The summed E-state index contributed by atoms with van der Waals surface area (Å²) >= 11 is 0. The van der Waals surface area contributed by atoms with E-state index in [0.29, 0.717) is 6.54 Å². The van der Waals surface area contributed by atoms with Gasteiger partial charge in [0.1, 0.15) is 0 Å². The molecule has 10 heavy (non-hydrogen) atoms. The van der Waals surface area contributed by atoms with E-state index < -0.39 is 0 Å². The first kappa shape index (κ1) is 9.88. The molecule has 0 aliphatic heterocycles. The van der Waals surface area contributed by atoms with Crippen molar-refractivity contribution < 1.29 is 10.2 Å². The highest BCUT2D eigenvalue weighted by molar-refractivity contribution is 4.62. The second-order valence-corrected chi connectivity index (χ2v) is 2.38. The Labute approximate surface area is 62.3 Å². The summed E-state index contributed by atoms with van der Waals surface area (Å²) in [6.45, 7) is 5.81. The smallest absolute Gasteiger partial charge is 0.0584 e. The summed E-state index contributed by atoms with van der Waals surface area (Å²) in [5.41, 5.74) is 0. The third-order valence-corrected chi connectivity index (χ3v) is 1.68. The lowest BCUT2D eigenvalue weighted by Crippen LogP contribution is -2.37. The molecule has 3 nitrogen and oxygen atoms in total.